The molecular formula is C11H14N6OS. The fraction of sp³-hybridized carbons (Fsp3) is 0.545. The lowest BCUT2D eigenvalue weighted by atomic mass is 10.1. The topological polar surface area (TPSA) is 85.6 Å². The van der Waals surface area contributed by atoms with Crippen molar-refractivity contribution in [3.8, 4) is 0 Å². The Bertz CT molecular complexity index is 565. The molecule has 0 saturated carbocycles. The molecule has 1 N–H and O–H groups in total. The Morgan fingerprint density at radius 1 is 1.58 bits per heavy atom. The third-order valence-electron chi connectivity index (χ3n) is 3.27. The van der Waals surface area contributed by atoms with E-state index in [4.69, 9.17) is 0 Å². The minimum atomic E-state index is -0.159. The summed E-state index contributed by atoms with van der Waals surface area (Å²) in [5.74, 6) is 1.83. The van der Waals surface area contributed by atoms with Gasteiger partial charge in [-0.3, -0.25) is 4.79 Å². The number of carbonyl (C=O) groups excluding carboxylic acids is 1. The van der Waals surface area contributed by atoms with Crippen molar-refractivity contribution in [2.45, 2.75) is 38.8 Å². The van der Waals surface area contributed by atoms with Crippen LogP contribution in [0, 0.1) is 0 Å². The van der Waals surface area contributed by atoms with Crippen LogP contribution in [0.15, 0.2) is 6.20 Å². The standard InChI is InChI=1S/C11H14N6OS/c1-2-9-14-15-10-4-3-7(6-17(9)10)13-11(18)8-5-12-19-16-8/h5,7H,2-4,6H2,1H3,(H,13,18)/t7-/m1/s1. The summed E-state index contributed by atoms with van der Waals surface area (Å²) in [5, 5.41) is 11.3. The summed E-state index contributed by atoms with van der Waals surface area (Å²) in [6.45, 7) is 2.79. The van der Waals surface area contributed by atoms with Gasteiger partial charge < -0.3 is 9.88 Å². The molecule has 3 rings (SSSR count). The molecule has 0 unspecified atom stereocenters. The maximum atomic E-state index is 11.9. The first-order chi connectivity index (χ1) is 9.28. The number of rotatable bonds is 3. The Hall–Kier alpha value is -1.83. The van der Waals surface area contributed by atoms with E-state index in [1.807, 2.05) is 0 Å². The molecule has 100 valence electrons. The highest BCUT2D eigenvalue weighted by molar-refractivity contribution is 6.99. The SMILES string of the molecule is CCc1nnc2n1C[C@H](NC(=O)c1cnsn1)CC2. The summed E-state index contributed by atoms with van der Waals surface area (Å²) in [6, 6.07) is 0.1000. The van der Waals surface area contributed by atoms with Gasteiger partial charge in [0.15, 0.2) is 5.69 Å². The molecule has 0 bridgehead atoms. The fourth-order valence-corrected chi connectivity index (χ4v) is 2.70. The van der Waals surface area contributed by atoms with Gasteiger partial charge in [-0.15, -0.1) is 10.2 Å². The van der Waals surface area contributed by atoms with E-state index in [2.05, 4.69) is 35.8 Å². The normalized spacial score (nSPS) is 18.1. The average molecular weight is 278 g/mol. The number of amides is 1. The molecule has 0 radical (unpaired) electrons. The predicted octanol–water partition coefficient (Wildman–Crippen LogP) is 0.437. The molecule has 3 heterocycles. The van der Waals surface area contributed by atoms with Crippen molar-refractivity contribution in [2.75, 3.05) is 0 Å². The van der Waals surface area contributed by atoms with Crippen molar-refractivity contribution < 1.29 is 4.79 Å². The van der Waals surface area contributed by atoms with E-state index in [1.165, 1.54) is 6.20 Å². The molecule has 1 atom stereocenters. The number of fused-ring (bicyclic) bond motifs is 1. The molecule has 0 aliphatic carbocycles. The smallest absolute Gasteiger partial charge is 0.272 e. The summed E-state index contributed by atoms with van der Waals surface area (Å²) in [5.41, 5.74) is 0.385. The third kappa shape index (κ3) is 2.35. The summed E-state index contributed by atoms with van der Waals surface area (Å²) in [7, 11) is 0. The van der Waals surface area contributed by atoms with E-state index in [0.717, 1.165) is 49.2 Å². The zero-order chi connectivity index (χ0) is 13.2. The van der Waals surface area contributed by atoms with E-state index in [0.29, 0.717) is 5.69 Å². The minimum absolute atomic E-state index is 0.1000. The fourth-order valence-electron chi connectivity index (χ4n) is 2.29. The zero-order valence-corrected chi connectivity index (χ0v) is 11.4. The lowest BCUT2D eigenvalue weighted by Crippen LogP contribution is -2.41. The van der Waals surface area contributed by atoms with Crippen LogP contribution in [0.25, 0.3) is 0 Å². The molecule has 2 aromatic heterocycles. The largest absolute Gasteiger partial charge is 0.346 e. The summed E-state index contributed by atoms with van der Waals surface area (Å²) in [4.78, 5) is 11.9. The van der Waals surface area contributed by atoms with Gasteiger partial charge in [-0.2, -0.15) is 8.75 Å². The van der Waals surface area contributed by atoms with Crippen LogP contribution in [0.4, 0.5) is 0 Å². The molecule has 7 nitrogen and oxygen atoms in total. The van der Waals surface area contributed by atoms with E-state index in [1.54, 1.807) is 0 Å². The van der Waals surface area contributed by atoms with Gasteiger partial charge in [-0.25, -0.2) is 0 Å². The Kier molecular flexibility index (Phi) is 3.24. The van der Waals surface area contributed by atoms with E-state index in [9.17, 15) is 4.79 Å². The van der Waals surface area contributed by atoms with Crippen LogP contribution in [0.3, 0.4) is 0 Å². The molecule has 0 aromatic carbocycles. The molecule has 1 amide bonds. The van der Waals surface area contributed by atoms with Gasteiger partial charge in [0.25, 0.3) is 5.91 Å². The van der Waals surface area contributed by atoms with Gasteiger partial charge in [0.1, 0.15) is 11.6 Å². The second-order valence-electron chi connectivity index (χ2n) is 4.50. The third-order valence-corrected chi connectivity index (χ3v) is 3.75. The monoisotopic (exact) mass is 278 g/mol. The van der Waals surface area contributed by atoms with Crippen molar-refractivity contribution in [1.29, 1.82) is 0 Å². The molecule has 1 aliphatic heterocycles. The first-order valence-corrected chi connectivity index (χ1v) is 7.00. The van der Waals surface area contributed by atoms with Gasteiger partial charge >= 0.3 is 0 Å². The summed E-state index contributed by atoms with van der Waals surface area (Å²) >= 11 is 1.04. The number of aromatic nitrogens is 5. The second kappa shape index (κ2) is 5.04. The Labute approximate surface area is 114 Å². The van der Waals surface area contributed by atoms with Gasteiger partial charge in [-0.05, 0) is 6.42 Å². The van der Waals surface area contributed by atoms with Crippen LogP contribution >= 0.6 is 11.7 Å². The Balaban J connectivity index is 1.70. The Morgan fingerprint density at radius 3 is 3.21 bits per heavy atom. The van der Waals surface area contributed by atoms with Gasteiger partial charge in [0.05, 0.1) is 17.9 Å². The van der Waals surface area contributed by atoms with Crippen LogP contribution in [0.2, 0.25) is 0 Å². The molecule has 0 saturated heterocycles. The van der Waals surface area contributed by atoms with Gasteiger partial charge in [0.2, 0.25) is 0 Å². The first-order valence-electron chi connectivity index (χ1n) is 6.27. The lowest BCUT2D eigenvalue weighted by molar-refractivity contribution is 0.0923. The summed E-state index contributed by atoms with van der Waals surface area (Å²) in [6.07, 6.45) is 4.06. The van der Waals surface area contributed by atoms with Crippen molar-refractivity contribution >= 4 is 17.6 Å². The minimum Gasteiger partial charge on any atom is -0.346 e. The maximum absolute atomic E-state index is 11.9. The van der Waals surface area contributed by atoms with E-state index in [-0.39, 0.29) is 11.9 Å². The highest BCUT2D eigenvalue weighted by Gasteiger charge is 2.24. The van der Waals surface area contributed by atoms with Crippen molar-refractivity contribution in [2.24, 2.45) is 0 Å². The summed E-state index contributed by atoms with van der Waals surface area (Å²) < 4.78 is 9.88. The van der Waals surface area contributed by atoms with E-state index >= 15 is 0 Å². The van der Waals surface area contributed by atoms with Crippen LogP contribution in [-0.2, 0) is 19.4 Å². The molecule has 19 heavy (non-hydrogen) atoms. The number of nitrogens with one attached hydrogen (secondary N) is 1. The van der Waals surface area contributed by atoms with Crippen molar-refractivity contribution in [3.63, 3.8) is 0 Å². The molecule has 0 spiro atoms. The van der Waals surface area contributed by atoms with Crippen LogP contribution in [0.5, 0.6) is 0 Å². The number of carbonyl (C=O) groups is 1. The molecule has 2 aromatic rings. The van der Waals surface area contributed by atoms with Crippen LogP contribution in [0.1, 0.15) is 35.5 Å². The highest BCUT2D eigenvalue weighted by Crippen LogP contribution is 2.15. The number of aryl methyl sites for hydroxylation is 2. The zero-order valence-electron chi connectivity index (χ0n) is 10.5. The van der Waals surface area contributed by atoms with Gasteiger partial charge in [-0.1, -0.05) is 6.92 Å². The number of hydrogen-bond acceptors (Lipinski definition) is 6. The number of hydrogen-bond donors (Lipinski definition) is 1. The second-order valence-corrected chi connectivity index (χ2v) is 5.06. The van der Waals surface area contributed by atoms with E-state index < -0.39 is 0 Å². The quantitative estimate of drug-likeness (QED) is 0.880. The highest BCUT2D eigenvalue weighted by atomic mass is 32.1. The number of nitrogens with zero attached hydrogens (tertiary/aromatic N) is 5. The van der Waals surface area contributed by atoms with Gasteiger partial charge in [0, 0.05) is 25.4 Å². The van der Waals surface area contributed by atoms with Crippen LogP contribution < -0.4 is 5.32 Å². The molecule has 1 aliphatic rings. The molecular weight excluding hydrogens is 264 g/mol. The molecule has 0 fully saturated rings. The molecule has 8 heteroatoms. The van der Waals surface area contributed by atoms with Crippen molar-refractivity contribution in [3.05, 3.63) is 23.5 Å². The van der Waals surface area contributed by atoms with Crippen LogP contribution in [-0.4, -0.2) is 35.5 Å². The average Bonchev–Trinajstić information content (AvgIpc) is 3.07. The lowest BCUT2D eigenvalue weighted by Gasteiger charge is -2.24. The maximum Gasteiger partial charge on any atom is 0.272 e. The predicted molar refractivity (Wildman–Crippen MR) is 68.9 cm³/mol. The first kappa shape index (κ1) is 12.2. The van der Waals surface area contributed by atoms with Crippen molar-refractivity contribution in [1.82, 2.24) is 28.8 Å². The Morgan fingerprint density at radius 2 is 2.47 bits per heavy atom.